The molecule has 4 heteroatoms. The van der Waals surface area contributed by atoms with Crippen molar-refractivity contribution in [2.24, 2.45) is 5.73 Å². The van der Waals surface area contributed by atoms with Crippen molar-refractivity contribution in [3.63, 3.8) is 0 Å². The molecule has 1 aromatic heterocycles. The fraction of sp³-hybridized carbons (Fsp3) is 0.125. The first-order valence-corrected chi connectivity index (χ1v) is 4.21. The third-order valence-corrected chi connectivity index (χ3v) is 1.70. The predicted octanol–water partition coefficient (Wildman–Crippen LogP) is 1.96. The Morgan fingerprint density at radius 2 is 2.42 bits per heavy atom. The first-order chi connectivity index (χ1) is 5.74. The van der Waals surface area contributed by atoms with Crippen LogP contribution in [0.15, 0.2) is 22.8 Å². The SMILES string of the molecule is NCC=Cc1cc(Br)cnc1F. The molecule has 2 N–H and O–H groups in total. The average molecular weight is 231 g/mol. The summed E-state index contributed by atoms with van der Waals surface area (Å²) in [5.74, 6) is -0.483. The predicted molar refractivity (Wildman–Crippen MR) is 50.0 cm³/mol. The van der Waals surface area contributed by atoms with E-state index in [1.807, 2.05) is 0 Å². The fourth-order valence-corrected chi connectivity index (χ4v) is 1.10. The van der Waals surface area contributed by atoms with E-state index in [0.29, 0.717) is 12.1 Å². The summed E-state index contributed by atoms with van der Waals surface area (Å²) < 4.78 is 13.6. The van der Waals surface area contributed by atoms with Crippen molar-refractivity contribution in [2.45, 2.75) is 0 Å². The van der Waals surface area contributed by atoms with Crippen LogP contribution in [0.25, 0.3) is 6.08 Å². The molecule has 0 atom stereocenters. The number of rotatable bonds is 2. The van der Waals surface area contributed by atoms with Crippen LogP contribution in [0, 0.1) is 5.95 Å². The number of hydrogen-bond donors (Lipinski definition) is 1. The van der Waals surface area contributed by atoms with Gasteiger partial charge in [-0.3, -0.25) is 0 Å². The maximum absolute atomic E-state index is 12.9. The largest absolute Gasteiger partial charge is 0.327 e. The minimum absolute atomic E-state index is 0.395. The summed E-state index contributed by atoms with van der Waals surface area (Å²) in [6.45, 7) is 0.395. The van der Waals surface area contributed by atoms with Gasteiger partial charge in [-0.25, -0.2) is 4.98 Å². The molecule has 1 rings (SSSR count). The number of halogens is 2. The second-order valence-corrected chi connectivity index (χ2v) is 3.09. The molecule has 12 heavy (non-hydrogen) atoms. The lowest BCUT2D eigenvalue weighted by Crippen LogP contribution is -1.93. The van der Waals surface area contributed by atoms with Crippen LogP contribution in [0.5, 0.6) is 0 Å². The molecule has 0 aromatic carbocycles. The maximum atomic E-state index is 12.9. The fourth-order valence-electron chi connectivity index (χ4n) is 0.750. The van der Waals surface area contributed by atoms with Crippen LogP contribution in [-0.4, -0.2) is 11.5 Å². The molecular weight excluding hydrogens is 223 g/mol. The molecule has 2 nitrogen and oxygen atoms in total. The van der Waals surface area contributed by atoms with Crippen molar-refractivity contribution >= 4 is 22.0 Å². The molecule has 0 fully saturated rings. The summed E-state index contributed by atoms with van der Waals surface area (Å²) in [4.78, 5) is 3.53. The third-order valence-electron chi connectivity index (χ3n) is 1.27. The Balaban J connectivity index is 2.97. The molecule has 0 amide bonds. The molecule has 0 saturated heterocycles. The van der Waals surface area contributed by atoms with E-state index in [1.165, 1.54) is 6.20 Å². The standard InChI is InChI=1S/C8H8BrFN2/c9-7-4-6(2-1-3-11)8(10)12-5-7/h1-2,4-5H,3,11H2. The van der Waals surface area contributed by atoms with E-state index in [0.717, 1.165) is 4.47 Å². The van der Waals surface area contributed by atoms with E-state index < -0.39 is 5.95 Å². The summed E-state index contributed by atoms with van der Waals surface area (Å²) in [7, 11) is 0. The van der Waals surface area contributed by atoms with Gasteiger partial charge in [0, 0.05) is 22.8 Å². The summed E-state index contributed by atoms with van der Waals surface area (Å²) in [6, 6.07) is 1.65. The topological polar surface area (TPSA) is 38.9 Å². The first kappa shape index (κ1) is 9.35. The highest BCUT2D eigenvalue weighted by atomic mass is 79.9. The van der Waals surface area contributed by atoms with E-state index in [1.54, 1.807) is 18.2 Å². The minimum Gasteiger partial charge on any atom is -0.327 e. The Morgan fingerprint density at radius 3 is 3.08 bits per heavy atom. The molecule has 0 aliphatic carbocycles. The van der Waals surface area contributed by atoms with Crippen LogP contribution in [-0.2, 0) is 0 Å². The van der Waals surface area contributed by atoms with Crippen LogP contribution in [0.4, 0.5) is 4.39 Å². The van der Waals surface area contributed by atoms with Gasteiger partial charge in [-0.15, -0.1) is 0 Å². The van der Waals surface area contributed by atoms with Crippen molar-refractivity contribution in [3.05, 3.63) is 34.3 Å². The molecule has 1 aromatic rings. The Kier molecular flexibility index (Phi) is 3.37. The van der Waals surface area contributed by atoms with Crippen molar-refractivity contribution in [1.29, 1.82) is 0 Å². The zero-order valence-electron chi connectivity index (χ0n) is 6.30. The molecule has 0 bridgehead atoms. The van der Waals surface area contributed by atoms with Crippen LogP contribution in [0.1, 0.15) is 5.56 Å². The summed E-state index contributed by atoms with van der Waals surface area (Å²) >= 11 is 3.19. The van der Waals surface area contributed by atoms with Gasteiger partial charge in [-0.05, 0) is 22.0 Å². The van der Waals surface area contributed by atoms with E-state index in [-0.39, 0.29) is 0 Å². The monoisotopic (exact) mass is 230 g/mol. The molecule has 64 valence electrons. The van der Waals surface area contributed by atoms with Gasteiger partial charge in [0.1, 0.15) is 0 Å². The number of pyridine rings is 1. The van der Waals surface area contributed by atoms with E-state index >= 15 is 0 Å². The Hall–Kier alpha value is -0.740. The second kappa shape index (κ2) is 4.33. The van der Waals surface area contributed by atoms with Crippen LogP contribution >= 0.6 is 15.9 Å². The smallest absolute Gasteiger partial charge is 0.220 e. The Labute approximate surface area is 78.4 Å². The lowest BCUT2D eigenvalue weighted by Gasteiger charge is -1.95. The van der Waals surface area contributed by atoms with Gasteiger partial charge in [-0.2, -0.15) is 4.39 Å². The van der Waals surface area contributed by atoms with Gasteiger partial charge in [0.15, 0.2) is 0 Å². The Bertz CT molecular complexity index is 299. The highest BCUT2D eigenvalue weighted by Crippen LogP contribution is 2.13. The normalized spacial score (nSPS) is 10.9. The quantitative estimate of drug-likeness (QED) is 0.790. The van der Waals surface area contributed by atoms with Gasteiger partial charge < -0.3 is 5.73 Å². The molecule has 0 spiro atoms. The molecule has 0 radical (unpaired) electrons. The van der Waals surface area contributed by atoms with E-state index in [2.05, 4.69) is 20.9 Å². The molecule has 0 aliphatic heterocycles. The number of nitrogens with two attached hydrogens (primary N) is 1. The molecule has 0 saturated carbocycles. The Morgan fingerprint density at radius 1 is 1.67 bits per heavy atom. The average Bonchev–Trinajstić information content (AvgIpc) is 2.07. The molecule has 0 unspecified atom stereocenters. The van der Waals surface area contributed by atoms with Crippen molar-refractivity contribution in [1.82, 2.24) is 4.98 Å². The lowest BCUT2D eigenvalue weighted by molar-refractivity contribution is 0.580. The van der Waals surface area contributed by atoms with Crippen molar-refractivity contribution < 1.29 is 4.39 Å². The van der Waals surface area contributed by atoms with Gasteiger partial charge in [0.25, 0.3) is 0 Å². The summed E-state index contributed by atoms with van der Waals surface area (Å²) in [6.07, 6.45) is 4.69. The van der Waals surface area contributed by atoms with Gasteiger partial charge in [0.05, 0.1) is 0 Å². The number of hydrogen-bond acceptors (Lipinski definition) is 2. The lowest BCUT2D eigenvalue weighted by atomic mass is 10.2. The summed E-state index contributed by atoms with van der Waals surface area (Å²) in [5, 5.41) is 0. The van der Waals surface area contributed by atoms with Crippen LogP contribution < -0.4 is 5.73 Å². The zero-order valence-corrected chi connectivity index (χ0v) is 7.88. The van der Waals surface area contributed by atoms with Gasteiger partial charge >= 0.3 is 0 Å². The molecular formula is C8H8BrFN2. The molecule has 1 heterocycles. The van der Waals surface area contributed by atoms with E-state index in [9.17, 15) is 4.39 Å². The first-order valence-electron chi connectivity index (χ1n) is 3.41. The van der Waals surface area contributed by atoms with Gasteiger partial charge in [-0.1, -0.05) is 12.2 Å². The number of nitrogens with zero attached hydrogens (tertiary/aromatic N) is 1. The number of aromatic nitrogens is 1. The highest BCUT2D eigenvalue weighted by molar-refractivity contribution is 9.10. The van der Waals surface area contributed by atoms with Gasteiger partial charge in [0.2, 0.25) is 5.95 Å². The zero-order chi connectivity index (χ0) is 8.97. The maximum Gasteiger partial charge on any atom is 0.220 e. The third kappa shape index (κ3) is 2.39. The van der Waals surface area contributed by atoms with Crippen LogP contribution in [0.3, 0.4) is 0 Å². The van der Waals surface area contributed by atoms with Crippen molar-refractivity contribution in [3.8, 4) is 0 Å². The van der Waals surface area contributed by atoms with Crippen molar-refractivity contribution in [2.75, 3.05) is 6.54 Å². The van der Waals surface area contributed by atoms with Crippen LogP contribution in [0.2, 0.25) is 0 Å². The van der Waals surface area contributed by atoms with E-state index in [4.69, 9.17) is 5.73 Å². The summed E-state index contributed by atoms with van der Waals surface area (Å²) in [5.41, 5.74) is 5.66. The minimum atomic E-state index is -0.483. The highest BCUT2D eigenvalue weighted by Gasteiger charge is 1.99. The molecule has 0 aliphatic rings. The second-order valence-electron chi connectivity index (χ2n) is 2.17.